The molecule has 4 rings (SSSR count). The normalized spacial score (nSPS) is 14.0. The van der Waals surface area contributed by atoms with Crippen LogP contribution in [0.3, 0.4) is 0 Å². The molecular formula is C22H21ClN6. The summed E-state index contributed by atoms with van der Waals surface area (Å²) in [5, 5.41) is 19.0. The molecule has 0 aliphatic carbocycles. The number of aryl methyl sites for hydroxylation is 1. The van der Waals surface area contributed by atoms with E-state index >= 15 is 0 Å². The summed E-state index contributed by atoms with van der Waals surface area (Å²) in [7, 11) is 0. The monoisotopic (exact) mass is 404 g/mol. The minimum atomic E-state index is 0.614. The van der Waals surface area contributed by atoms with Crippen LogP contribution < -0.4 is 9.80 Å². The van der Waals surface area contributed by atoms with Gasteiger partial charge in [-0.25, -0.2) is 0 Å². The highest BCUT2D eigenvalue weighted by molar-refractivity contribution is 6.30. The first-order valence-corrected chi connectivity index (χ1v) is 9.93. The molecular weight excluding hydrogens is 384 g/mol. The van der Waals surface area contributed by atoms with Crippen LogP contribution in [0.25, 0.3) is 0 Å². The van der Waals surface area contributed by atoms with Gasteiger partial charge in [-0.3, -0.25) is 4.98 Å². The number of pyridine rings is 1. The molecule has 2 aromatic heterocycles. The number of hydrogen-bond acceptors (Lipinski definition) is 6. The van der Waals surface area contributed by atoms with Crippen molar-refractivity contribution in [3.63, 3.8) is 0 Å². The highest BCUT2D eigenvalue weighted by atomic mass is 35.5. The summed E-state index contributed by atoms with van der Waals surface area (Å²) in [5.74, 6) is 0.930. The zero-order valence-corrected chi connectivity index (χ0v) is 17.0. The van der Waals surface area contributed by atoms with E-state index in [0.29, 0.717) is 5.56 Å². The van der Waals surface area contributed by atoms with E-state index in [2.05, 4.69) is 44.0 Å². The van der Waals surface area contributed by atoms with Crippen molar-refractivity contribution in [2.24, 2.45) is 0 Å². The lowest BCUT2D eigenvalue weighted by molar-refractivity contribution is 0.640. The average molecular weight is 405 g/mol. The third-order valence-electron chi connectivity index (χ3n) is 5.15. The number of rotatable bonds is 4. The van der Waals surface area contributed by atoms with Crippen LogP contribution in [-0.2, 0) is 6.42 Å². The van der Waals surface area contributed by atoms with Crippen molar-refractivity contribution in [2.75, 3.05) is 36.0 Å². The Kier molecular flexibility index (Phi) is 5.59. The molecule has 0 atom stereocenters. The summed E-state index contributed by atoms with van der Waals surface area (Å²) in [6, 6.07) is 14.1. The maximum atomic E-state index is 9.31. The highest BCUT2D eigenvalue weighted by Crippen LogP contribution is 2.24. The van der Waals surface area contributed by atoms with Crippen molar-refractivity contribution in [3.05, 3.63) is 76.2 Å². The summed E-state index contributed by atoms with van der Waals surface area (Å²) in [6.07, 6.45) is 4.09. The number of hydrogen-bond donors (Lipinski definition) is 0. The highest BCUT2D eigenvalue weighted by Gasteiger charge is 2.21. The summed E-state index contributed by atoms with van der Waals surface area (Å²) >= 11 is 5.96. The fraction of sp³-hybridized carbons (Fsp3) is 0.273. The van der Waals surface area contributed by atoms with E-state index in [4.69, 9.17) is 11.6 Å². The van der Waals surface area contributed by atoms with E-state index in [-0.39, 0.29) is 0 Å². The van der Waals surface area contributed by atoms with Gasteiger partial charge in [-0.05, 0) is 42.3 Å². The Morgan fingerprint density at radius 2 is 1.76 bits per heavy atom. The van der Waals surface area contributed by atoms with Crippen LogP contribution in [-0.4, -0.2) is 41.4 Å². The van der Waals surface area contributed by atoms with Crippen molar-refractivity contribution in [2.45, 2.75) is 13.3 Å². The lowest BCUT2D eigenvalue weighted by Gasteiger charge is -2.37. The zero-order chi connectivity index (χ0) is 20.2. The van der Waals surface area contributed by atoms with E-state index in [1.807, 2.05) is 30.3 Å². The van der Waals surface area contributed by atoms with Crippen LogP contribution in [0.4, 0.5) is 11.5 Å². The van der Waals surface area contributed by atoms with Gasteiger partial charge in [-0.2, -0.15) is 10.4 Å². The fourth-order valence-electron chi connectivity index (χ4n) is 3.65. The molecule has 1 aromatic carbocycles. The maximum absolute atomic E-state index is 9.31. The first-order valence-electron chi connectivity index (χ1n) is 9.55. The van der Waals surface area contributed by atoms with Crippen LogP contribution in [0.2, 0.25) is 5.02 Å². The number of anilines is 2. The zero-order valence-electron chi connectivity index (χ0n) is 16.2. The maximum Gasteiger partial charge on any atom is 0.154 e. The molecule has 0 unspecified atom stereocenters. The Bertz CT molecular complexity index is 1040. The van der Waals surface area contributed by atoms with Gasteiger partial charge in [0.2, 0.25) is 0 Å². The largest absolute Gasteiger partial charge is 0.367 e. The van der Waals surface area contributed by atoms with Crippen molar-refractivity contribution in [3.8, 4) is 6.07 Å². The van der Waals surface area contributed by atoms with Crippen molar-refractivity contribution < 1.29 is 0 Å². The van der Waals surface area contributed by atoms with E-state index in [1.54, 1.807) is 12.4 Å². The quantitative estimate of drug-likeness (QED) is 0.661. The van der Waals surface area contributed by atoms with Gasteiger partial charge in [-0.1, -0.05) is 23.7 Å². The molecule has 1 saturated heterocycles. The number of nitrogens with zero attached hydrogens (tertiary/aromatic N) is 6. The number of nitriles is 1. The second kappa shape index (κ2) is 8.46. The molecule has 0 amide bonds. The van der Waals surface area contributed by atoms with Gasteiger partial charge in [0.15, 0.2) is 5.82 Å². The third kappa shape index (κ3) is 4.30. The molecule has 1 aliphatic heterocycles. The Balaban J connectivity index is 1.43. The predicted molar refractivity (Wildman–Crippen MR) is 114 cm³/mol. The molecule has 0 N–H and O–H groups in total. The van der Waals surface area contributed by atoms with Crippen molar-refractivity contribution >= 4 is 23.1 Å². The Morgan fingerprint density at radius 3 is 2.45 bits per heavy atom. The first-order chi connectivity index (χ1) is 14.1. The van der Waals surface area contributed by atoms with Crippen LogP contribution in [0.1, 0.15) is 22.4 Å². The van der Waals surface area contributed by atoms with E-state index in [0.717, 1.165) is 65.9 Å². The third-order valence-corrected chi connectivity index (χ3v) is 5.40. The van der Waals surface area contributed by atoms with Gasteiger partial charge in [0.25, 0.3) is 0 Å². The minimum absolute atomic E-state index is 0.614. The fourth-order valence-corrected chi connectivity index (χ4v) is 3.78. The van der Waals surface area contributed by atoms with Crippen LogP contribution in [0.5, 0.6) is 0 Å². The van der Waals surface area contributed by atoms with Gasteiger partial charge in [0, 0.05) is 50.0 Å². The van der Waals surface area contributed by atoms with Gasteiger partial charge in [0.05, 0.1) is 16.9 Å². The summed E-state index contributed by atoms with van der Waals surface area (Å²) < 4.78 is 0. The average Bonchev–Trinajstić information content (AvgIpc) is 2.76. The summed E-state index contributed by atoms with van der Waals surface area (Å²) in [6.45, 7) is 5.40. The van der Waals surface area contributed by atoms with Crippen LogP contribution in [0, 0.1) is 18.3 Å². The van der Waals surface area contributed by atoms with E-state index in [1.165, 1.54) is 0 Å². The Labute approximate surface area is 175 Å². The molecule has 3 heterocycles. The van der Waals surface area contributed by atoms with Crippen molar-refractivity contribution in [1.29, 1.82) is 5.26 Å². The van der Waals surface area contributed by atoms with Gasteiger partial charge in [0.1, 0.15) is 6.07 Å². The molecule has 1 aliphatic rings. The number of piperazine rings is 1. The lowest BCUT2D eigenvalue weighted by Crippen LogP contribution is -2.47. The molecule has 3 aromatic rings. The van der Waals surface area contributed by atoms with Gasteiger partial charge >= 0.3 is 0 Å². The smallest absolute Gasteiger partial charge is 0.154 e. The van der Waals surface area contributed by atoms with E-state index in [9.17, 15) is 5.26 Å². The number of halogens is 1. The first kappa shape index (κ1) is 19.2. The number of benzene rings is 1. The molecule has 146 valence electrons. The van der Waals surface area contributed by atoms with E-state index < -0.39 is 0 Å². The van der Waals surface area contributed by atoms with Gasteiger partial charge in [-0.15, -0.1) is 5.10 Å². The standard InChI is InChI=1S/C22H21ClN6/c1-16-12-20(13-17-2-4-19(23)5-3-17)26-27-22(16)29-10-8-28(9-11-29)21-6-7-25-15-18(21)14-24/h2-7,12,15H,8-11,13H2,1H3. The topological polar surface area (TPSA) is 68.9 Å². The number of aromatic nitrogens is 3. The van der Waals surface area contributed by atoms with Crippen LogP contribution >= 0.6 is 11.6 Å². The molecule has 7 heteroatoms. The predicted octanol–water partition coefficient (Wildman–Crippen LogP) is 3.62. The molecule has 1 fully saturated rings. The summed E-state index contributed by atoms with van der Waals surface area (Å²) in [5.41, 5.74) is 4.79. The summed E-state index contributed by atoms with van der Waals surface area (Å²) in [4.78, 5) is 8.54. The molecule has 6 nitrogen and oxygen atoms in total. The minimum Gasteiger partial charge on any atom is -0.367 e. The van der Waals surface area contributed by atoms with Gasteiger partial charge < -0.3 is 9.80 Å². The van der Waals surface area contributed by atoms with Crippen molar-refractivity contribution in [1.82, 2.24) is 15.2 Å². The van der Waals surface area contributed by atoms with Crippen LogP contribution in [0.15, 0.2) is 48.8 Å². The Hall–Kier alpha value is -3.17. The second-order valence-corrected chi connectivity index (χ2v) is 7.56. The molecule has 29 heavy (non-hydrogen) atoms. The SMILES string of the molecule is Cc1cc(Cc2ccc(Cl)cc2)nnc1N1CCN(c2ccncc2C#N)CC1. The molecule has 0 bridgehead atoms. The molecule has 0 spiro atoms. The Morgan fingerprint density at radius 1 is 1.03 bits per heavy atom. The molecule has 0 radical (unpaired) electrons. The lowest BCUT2D eigenvalue weighted by atomic mass is 10.1. The molecule has 0 saturated carbocycles. The second-order valence-electron chi connectivity index (χ2n) is 7.12.